The summed E-state index contributed by atoms with van der Waals surface area (Å²) < 4.78 is 25.3. The van der Waals surface area contributed by atoms with Crippen molar-refractivity contribution in [1.82, 2.24) is 14.9 Å². The molecule has 0 amide bonds. The molecule has 2 N–H and O–H groups in total. The number of benzene rings is 1. The Hall–Kier alpha value is -1.60. The number of sulfonamides is 1. The summed E-state index contributed by atoms with van der Waals surface area (Å²) in [6.45, 7) is 4.95. The van der Waals surface area contributed by atoms with Gasteiger partial charge in [-0.15, -0.1) is 0 Å². The van der Waals surface area contributed by atoms with E-state index in [0.29, 0.717) is 17.5 Å². The Bertz CT molecular complexity index is 640. The Morgan fingerprint density at radius 2 is 1.84 bits per heavy atom. The second-order valence-electron chi connectivity index (χ2n) is 6.40. The van der Waals surface area contributed by atoms with E-state index in [0.717, 1.165) is 17.9 Å². The van der Waals surface area contributed by atoms with E-state index in [1.54, 1.807) is 19.2 Å². The molecule has 0 aliphatic rings. The maximum atomic E-state index is 12.1. The van der Waals surface area contributed by atoms with Crippen LogP contribution >= 0.6 is 0 Å². The fraction of sp³-hybridized carbons (Fsp3) is 0.611. The summed E-state index contributed by atoms with van der Waals surface area (Å²) in [5.41, 5.74) is 0.999. The van der Waals surface area contributed by atoms with Crippen LogP contribution in [0.5, 0.6) is 0 Å². The lowest BCUT2D eigenvalue weighted by Gasteiger charge is -2.18. The molecule has 1 aromatic carbocycles. The molecular weight excluding hydrogens is 336 g/mol. The predicted octanol–water partition coefficient (Wildman–Crippen LogP) is 2.57. The predicted molar refractivity (Wildman–Crippen MR) is 104 cm³/mol. The molecule has 0 aliphatic carbocycles. The van der Waals surface area contributed by atoms with Gasteiger partial charge in [-0.05, 0) is 31.0 Å². The van der Waals surface area contributed by atoms with Crippen molar-refractivity contribution in [1.29, 1.82) is 0 Å². The van der Waals surface area contributed by atoms with E-state index in [9.17, 15) is 8.42 Å². The molecule has 0 aromatic heterocycles. The minimum absolute atomic E-state index is 0.299. The minimum atomic E-state index is -3.38. The first-order valence-corrected chi connectivity index (χ1v) is 10.2. The third kappa shape index (κ3) is 7.04. The average molecular weight is 369 g/mol. The molecule has 1 rings (SSSR count). The summed E-state index contributed by atoms with van der Waals surface area (Å²) >= 11 is 0. The van der Waals surface area contributed by atoms with Crippen molar-refractivity contribution < 1.29 is 8.42 Å². The standard InChI is InChI=1S/C18H32N4O2S/c1-6-7-8-9-15(2)21-18(19-3)20-14-16-10-12-17(13-11-16)25(23,24)22(4)5/h10-13,15H,6-9,14H2,1-5H3,(H2,19,20,21). The van der Waals surface area contributed by atoms with Crippen LogP contribution in [0.2, 0.25) is 0 Å². The van der Waals surface area contributed by atoms with Crippen LogP contribution in [0.3, 0.4) is 0 Å². The van der Waals surface area contributed by atoms with Crippen LogP contribution in [0.1, 0.15) is 45.1 Å². The van der Waals surface area contributed by atoms with Gasteiger partial charge in [-0.1, -0.05) is 38.3 Å². The summed E-state index contributed by atoms with van der Waals surface area (Å²) in [4.78, 5) is 4.54. The molecule has 0 heterocycles. The van der Waals surface area contributed by atoms with Crippen molar-refractivity contribution in [3.05, 3.63) is 29.8 Å². The second-order valence-corrected chi connectivity index (χ2v) is 8.55. The van der Waals surface area contributed by atoms with Gasteiger partial charge in [0.2, 0.25) is 10.0 Å². The first kappa shape index (κ1) is 21.4. The molecule has 0 spiro atoms. The molecule has 0 fully saturated rings. The summed E-state index contributed by atoms with van der Waals surface area (Å²) in [5, 5.41) is 6.65. The van der Waals surface area contributed by atoms with Crippen LogP contribution in [0, 0.1) is 0 Å². The number of rotatable bonds is 9. The molecule has 1 unspecified atom stereocenters. The van der Waals surface area contributed by atoms with E-state index in [1.807, 2.05) is 12.1 Å². The van der Waals surface area contributed by atoms with Crippen LogP contribution in [0.4, 0.5) is 0 Å². The van der Waals surface area contributed by atoms with E-state index in [1.165, 1.54) is 37.7 Å². The lowest BCUT2D eigenvalue weighted by atomic mass is 10.1. The summed E-state index contributed by atoms with van der Waals surface area (Å²) in [5.74, 6) is 0.758. The van der Waals surface area contributed by atoms with Gasteiger partial charge in [-0.3, -0.25) is 4.99 Å². The number of nitrogens with one attached hydrogen (secondary N) is 2. The Kier molecular flexibility index (Phi) is 8.92. The van der Waals surface area contributed by atoms with Gasteiger partial charge < -0.3 is 10.6 Å². The van der Waals surface area contributed by atoms with Crippen molar-refractivity contribution in [3.63, 3.8) is 0 Å². The molecular formula is C18H32N4O2S. The van der Waals surface area contributed by atoms with Crippen LogP contribution < -0.4 is 10.6 Å². The maximum Gasteiger partial charge on any atom is 0.242 e. The third-order valence-corrected chi connectivity index (χ3v) is 5.84. The van der Waals surface area contributed by atoms with Gasteiger partial charge in [0, 0.05) is 33.7 Å². The van der Waals surface area contributed by atoms with Crippen molar-refractivity contribution >= 4 is 16.0 Å². The largest absolute Gasteiger partial charge is 0.354 e. The molecule has 25 heavy (non-hydrogen) atoms. The summed E-state index contributed by atoms with van der Waals surface area (Å²) in [7, 11) is 1.43. The Morgan fingerprint density at radius 1 is 1.20 bits per heavy atom. The Balaban J connectivity index is 2.56. The Labute approximate surface area is 152 Å². The van der Waals surface area contributed by atoms with Crippen LogP contribution in [0.15, 0.2) is 34.2 Å². The molecule has 6 nitrogen and oxygen atoms in total. The zero-order chi connectivity index (χ0) is 18.9. The zero-order valence-electron chi connectivity index (χ0n) is 16.0. The lowest BCUT2D eigenvalue weighted by Crippen LogP contribution is -2.41. The second kappa shape index (κ2) is 10.4. The fourth-order valence-electron chi connectivity index (χ4n) is 2.38. The van der Waals surface area contributed by atoms with Crippen molar-refractivity contribution in [2.45, 2.75) is 57.0 Å². The van der Waals surface area contributed by atoms with Crippen LogP contribution in [-0.2, 0) is 16.6 Å². The highest BCUT2D eigenvalue weighted by Gasteiger charge is 2.16. The van der Waals surface area contributed by atoms with Crippen LogP contribution in [-0.4, -0.2) is 45.9 Å². The van der Waals surface area contributed by atoms with Gasteiger partial charge in [0.25, 0.3) is 0 Å². The smallest absolute Gasteiger partial charge is 0.242 e. The highest BCUT2D eigenvalue weighted by atomic mass is 32.2. The van der Waals surface area contributed by atoms with Gasteiger partial charge in [0.15, 0.2) is 5.96 Å². The van der Waals surface area contributed by atoms with E-state index >= 15 is 0 Å². The van der Waals surface area contributed by atoms with Gasteiger partial charge in [-0.25, -0.2) is 12.7 Å². The molecule has 7 heteroatoms. The fourth-order valence-corrected chi connectivity index (χ4v) is 3.28. The van der Waals surface area contributed by atoms with Gasteiger partial charge in [0.1, 0.15) is 0 Å². The van der Waals surface area contributed by atoms with E-state index in [-0.39, 0.29) is 0 Å². The zero-order valence-corrected chi connectivity index (χ0v) is 16.9. The number of unbranched alkanes of at least 4 members (excludes halogenated alkanes) is 2. The van der Waals surface area contributed by atoms with Crippen molar-refractivity contribution in [3.8, 4) is 0 Å². The molecule has 142 valence electrons. The monoisotopic (exact) mass is 368 g/mol. The maximum absolute atomic E-state index is 12.1. The first-order chi connectivity index (χ1) is 11.8. The lowest BCUT2D eigenvalue weighted by molar-refractivity contribution is 0.520. The number of nitrogens with zero attached hydrogens (tertiary/aromatic N) is 2. The van der Waals surface area contributed by atoms with Crippen molar-refractivity contribution in [2.75, 3.05) is 21.1 Å². The topological polar surface area (TPSA) is 73.8 Å². The quantitative estimate of drug-likeness (QED) is 0.399. The molecule has 0 saturated heterocycles. The molecule has 0 aliphatic heterocycles. The SMILES string of the molecule is CCCCCC(C)NC(=NC)NCc1ccc(S(=O)(=O)N(C)C)cc1. The van der Waals surface area contributed by atoms with Gasteiger partial charge in [-0.2, -0.15) is 0 Å². The number of guanidine groups is 1. The molecule has 1 atom stereocenters. The van der Waals surface area contributed by atoms with E-state index in [2.05, 4.69) is 29.5 Å². The molecule has 0 radical (unpaired) electrons. The average Bonchev–Trinajstić information content (AvgIpc) is 2.59. The number of aliphatic imine (C=N–C) groups is 1. The normalized spacial score (nSPS) is 13.8. The highest BCUT2D eigenvalue weighted by molar-refractivity contribution is 7.89. The summed E-state index contributed by atoms with van der Waals surface area (Å²) in [6.07, 6.45) is 4.80. The Morgan fingerprint density at radius 3 is 2.36 bits per heavy atom. The first-order valence-electron chi connectivity index (χ1n) is 8.80. The van der Waals surface area contributed by atoms with Gasteiger partial charge in [0.05, 0.1) is 4.90 Å². The highest BCUT2D eigenvalue weighted by Crippen LogP contribution is 2.13. The molecule has 0 saturated carbocycles. The molecule has 0 bridgehead atoms. The number of hydrogen-bond acceptors (Lipinski definition) is 3. The summed E-state index contributed by atoms with van der Waals surface area (Å²) in [6, 6.07) is 7.28. The van der Waals surface area contributed by atoms with E-state index in [4.69, 9.17) is 0 Å². The molecule has 1 aromatic rings. The third-order valence-electron chi connectivity index (χ3n) is 4.01. The van der Waals surface area contributed by atoms with Crippen LogP contribution in [0.25, 0.3) is 0 Å². The van der Waals surface area contributed by atoms with E-state index < -0.39 is 10.0 Å². The van der Waals surface area contributed by atoms with Crippen molar-refractivity contribution in [2.24, 2.45) is 4.99 Å². The number of hydrogen-bond donors (Lipinski definition) is 2. The minimum Gasteiger partial charge on any atom is -0.354 e. The van der Waals surface area contributed by atoms with Gasteiger partial charge >= 0.3 is 0 Å².